The molecule has 0 bridgehead atoms. The maximum atomic E-state index is 12.0. The fraction of sp³-hybridized carbons (Fsp3) is 0.133. The molecule has 2 aromatic rings. The molecule has 1 aromatic heterocycles. The third-order valence-electron chi connectivity index (χ3n) is 2.55. The van der Waals surface area contributed by atoms with E-state index in [9.17, 15) is 9.59 Å². The number of aromatic nitrogens is 2. The SMILES string of the molecule is Cc1cc(C#CCO)cc(NC(=O)c2c[nH]c(=O)cn2)c1. The van der Waals surface area contributed by atoms with Gasteiger partial charge in [-0.15, -0.1) is 0 Å². The number of nitrogens with one attached hydrogen (secondary N) is 2. The smallest absolute Gasteiger partial charge is 0.275 e. The quantitative estimate of drug-likeness (QED) is 0.706. The van der Waals surface area contributed by atoms with Gasteiger partial charge in [-0.25, -0.2) is 4.98 Å². The number of hydrogen-bond donors (Lipinski definition) is 3. The zero-order valence-corrected chi connectivity index (χ0v) is 11.3. The summed E-state index contributed by atoms with van der Waals surface area (Å²) in [5, 5.41) is 11.4. The number of carbonyl (C=O) groups is 1. The van der Waals surface area contributed by atoms with Crippen LogP contribution in [-0.4, -0.2) is 27.6 Å². The second-order valence-electron chi connectivity index (χ2n) is 4.30. The maximum absolute atomic E-state index is 12.0. The maximum Gasteiger partial charge on any atom is 0.275 e. The minimum Gasteiger partial charge on any atom is -0.384 e. The van der Waals surface area contributed by atoms with Crippen molar-refractivity contribution in [2.75, 3.05) is 11.9 Å². The molecule has 1 heterocycles. The fourth-order valence-corrected chi connectivity index (χ4v) is 1.73. The van der Waals surface area contributed by atoms with Crippen LogP contribution in [0.1, 0.15) is 21.6 Å². The highest BCUT2D eigenvalue weighted by molar-refractivity contribution is 6.02. The van der Waals surface area contributed by atoms with Crippen LogP contribution in [0, 0.1) is 18.8 Å². The second kappa shape index (κ2) is 6.50. The molecular weight excluding hydrogens is 270 g/mol. The Morgan fingerprint density at radius 2 is 2.24 bits per heavy atom. The highest BCUT2D eigenvalue weighted by atomic mass is 16.2. The summed E-state index contributed by atoms with van der Waals surface area (Å²) in [5.41, 5.74) is 1.91. The van der Waals surface area contributed by atoms with Crippen molar-refractivity contribution in [3.63, 3.8) is 0 Å². The Balaban J connectivity index is 2.22. The molecule has 21 heavy (non-hydrogen) atoms. The molecule has 6 heteroatoms. The molecule has 2 rings (SSSR count). The van der Waals surface area contributed by atoms with Crippen molar-refractivity contribution >= 4 is 11.6 Å². The van der Waals surface area contributed by atoms with Crippen molar-refractivity contribution < 1.29 is 9.90 Å². The molecule has 1 amide bonds. The number of anilines is 1. The van der Waals surface area contributed by atoms with Crippen LogP contribution in [-0.2, 0) is 0 Å². The van der Waals surface area contributed by atoms with E-state index in [0.29, 0.717) is 11.3 Å². The second-order valence-corrected chi connectivity index (χ2v) is 4.30. The topological polar surface area (TPSA) is 95.1 Å². The minimum absolute atomic E-state index is 0.110. The van der Waals surface area contributed by atoms with Gasteiger partial charge in [-0.1, -0.05) is 11.8 Å². The van der Waals surface area contributed by atoms with Crippen LogP contribution in [0.5, 0.6) is 0 Å². The predicted molar refractivity (Wildman–Crippen MR) is 78.0 cm³/mol. The Hall–Kier alpha value is -2.91. The third kappa shape index (κ3) is 4.03. The summed E-state index contributed by atoms with van der Waals surface area (Å²) in [4.78, 5) is 29.0. The molecule has 6 nitrogen and oxygen atoms in total. The van der Waals surface area contributed by atoms with E-state index in [2.05, 4.69) is 27.1 Å². The van der Waals surface area contributed by atoms with E-state index in [-0.39, 0.29) is 17.9 Å². The highest BCUT2D eigenvalue weighted by Crippen LogP contribution is 2.14. The Morgan fingerprint density at radius 1 is 1.43 bits per heavy atom. The van der Waals surface area contributed by atoms with Gasteiger partial charge in [0.25, 0.3) is 11.5 Å². The lowest BCUT2D eigenvalue weighted by atomic mass is 10.1. The molecule has 0 saturated heterocycles. The van der Waals surface area contributed by atoms with Crippen molar-refractivity contribution in [1.82, 2.24) is 9.97 Å². The molecule has 0 radical (unpaired) electrons. The number of benzene rings is 1. The van der Waals surface area contributed by atoms with E-state index in [4.69, 9.17) is 5.11 Å². The molecule has 0 aliphatic heterocycles. The van der Waals surface area contributed by atoms with Gasteiger partial charge in [-0.2, -0.15) is 0 Å². The first-order valence-corrected chi connectivity index (χ1v) is 6.16. The summed E-state index contributed by atoms with van der Waals surface area (Å²) >= 11 is 0. The molecule has 1 aromatic carbocycles. The van der Waals surface area contributed by atoms with Gasteiger partial charge in [0, 0.05) is 17.4 Å². The first kappa shape index (κ1) is 14.5. The molecule has 3 N–H and O–H groups in total. The lowest BCUT2D eigenvalue weighted by Crippen LogP contribution is -2.17. The zero-order chi connectivity index (χ0) is 15.2. The van der Waals surface area contributed by atoms with Crippen molar-refractivity contribution in [1.29, 1.82) is 0 Å². The van der Waals surface area contributed by atoms with E-state index in [1.165, 1.54) is 6.20 Å². The van der Waals surface area contributed by atoms with Gasteiger partial charge < -0.3 is 15.4 Å². The van der Waals surface area contributed by atoms with Crippen LogP contribution >= 0.6 is 0 Å². The van der Waals surface area contributed by atoms with Crippen LogP contribution in [0.15, 0.2) is 35.4 Å². The molecule has 0 fully saturated rings. The number of hydrogen-bond acceptors (Lipinski definition) is 4. The van der Waals surface area contributed by atoms with Crippen LogP contribution in [0.4, 0.5) is 5.69 Å². The van der Waals surface area contributed by atoms with Crippen molar-refractivity contribution in [2.45, 2.75) is 6.92 Å². The van der Waals surface area contributed by atoms with Crippen molar-refractivity contribution in [2.24, 2.45) is 0 Å². The highest BCUT2D eigenvalue weighted by Gasteiger charge is 2.08. The fourth-order valence-electron chi connectivity index (χ4n) is 1.73. The lowest BCUT2D eigenvalue weighted by molar-refractivity contribution is 0.102. The summed E-state index contributed by atoms with van der Waals surface area (Å²) in [6.45, 7) is 1.65. The van der Waals surface area contributed by atoms with Gasteiger partial charge in [0.05, 0.1) is 6.20 Å². The Labute approximate surface area is 120 Å². The number of rotatable bonds is 2. The van der Waals surface area contributed by atoms with Crippen molar-refractivity contribution in [3.8, 4) is 11.8 Å². The molecule has 0 saturated carbocycles. The average molecular weight is 283 g/mol. The summed E-state index contributed by atoms with van der Waals surface area (Å²) in [5.74, 6) is 4.90. The number of aryl methyl sites for hydroxylation is 1. The van der Waals surface area contributed by atoms with Crippen molar-refractivity contribution in [3.05, 3.63) is 57.8 Å². The summed E-state index contributed by atoms with van der Waals surface area (Å²) in [6, 6.07) is 5.32. The number of amides is 1. The number of H-pyrrole nitrogens is 1. The Bertz CT molecular complexity index is 764. The number of carbonyl (C=O) groups excluding carboxylic acids is 1. The molecule has 0 aliphatic carbocycles. The van der Waals surface area contributed by atoms with Gasteiger partial charge in [0.15, 0.2) is 0 Å². The molecule has 106 valence electrons. The number of aliphatic hydroxyl groups excluding tert-OH is 1. The first-order valence-electron chi connectivity index (χ1n) is 6.16. The van der Waals surface area contributed by atoms with E-state index in [1.54, 1.807) is 12.1 Å². The minimum atomic E-state index is -0.432. The van der Waals surface area contributed by atoms with E-state index in [1.807, 2.05) is 13.0 Å². The third-order valence-corrected chi connectivity index (χ3v) is 2.55. The number of nitrogens with zero attached hydrogens (tertiary/aromatic N) is 1. The molecule has 0 atom stereocenters. The Morgan fingerprint density at radius 3 is 2.90 bits per heavy atom. The van der Waals surface area contributed by atoms with Crippen LogP contribution < -0.4 is 10.9 Å². The van der Waals surface area contributed by atoms with Gasteiger partial charge in [-0.05, 0) is 30.7 Å². The van der Waals surface area contributed by atoms with E-state index < -0.39 is 5.91 Å². The lowest BCUT2D eigenvalue weighted by Gasteiger charge is -2.06. The monoisotopic (exact) mass is 283 g/mol. The molecular formula is C15H13N3O3. The number of aliphatic hydroxyl groups is 1. The summed E-state index contributed by atoms with van der Waals surface area (Å²) in [7, 11) is 0. The average Bonchev–Trinajstić information content (AvgIpc) is 2.45. The van der Waals surface area contributed by atoms with Crippen LogP contribution in [0.3, 0.4) is 0 Å². The van der Waals surface area contributed by atoms with Gasteiger partial charge >= 0.3 is 0 Å². The van der Waals surface area contributed by atoms with E-state index in [0.717, 1.165) is 11.8 Å². The standard InChI is InChI=1S/C15H13N3O3/c1-10-5-11(3-2-4-19)7-12(6-10)18-15(21)13-8-17-14(20)9-16-13/h5-9,19H,4H2,1H3,(H,17,20)(H,18,21). The molecule has 0 unspecified atom stereocenters. The zero-order valence-electron chi connectivity index (χ0n) is 11.3. The summed E-state index contributed by atoms with van der Waals surface area (Å²) < 4.78 is 0. The number of aromatic amines is 1. The van der Waals surface area contributed by atoms with Gasteiger partial charge in [0.2, 0.25) is 0 Å². The normalized spacial score (nSPS) is 9.62. The predicted octanol–water partition coefficient (Wildman–Crippen LogP) is 0.674. The summed E-state index contributed by atoms with van der Waals surface area (Å²) in [6.07, 6.45) is 2.29. The Kier molecular flexibility index (Phi) is 4.49. The van der Waals surface area contributed by atoms with Gasteiger partial charge in [0.1, 0.15) is 12.3 Å². The van der Waals surface area contributed by atoms with Gasteiger partial charge in [-0.3, -0.25) is 9.59 Å². The first-order chi connectivity index (χ1) is 10.1. The van der Waals surface area contributed by atoms with E-state index >= 15 is 0 Å². The molecule has 0 aliphatic rings. The largest absolute Gasteiger partial charge is 0.384 e. The molecule has 0 spiro atoms. The van der Waals surface area contributed by atoms with Crippen LogP contribution in [0.25, 0.3) is 0 Å². The van der Waals surface area contributed by atoms with Crippen LogP contribution in [0.2, 0.25) is 0 Å².